The molecule has 0 bridgehead atoms. The van der Waals surface area contributed by atoms with Crippen molar-refractivity contribution in [2.45, 2.75) is 19.4 Å². The lowest BCUT2D eigenvalue weighted by Crippen LogP contribution is -2.50. The van der Waals surface area contributed by atoms with E-state index in [0.717, 1.165) is 50.6 Å². The SMILES string of the molecule is COc1ccc(CC(C)N2CCN(CCO)CC2)cc1OC.Cl. The van der Waals surface area contributed by atoms with Gasteiger partial charge >= 0.3 is 0 Å². The van der Waals surface area contributed by atoms with Crippen molar-refractivity contribution in [3.63, 3.8) is 0 Å². The summed E-state index contributed by atoms with van der Waals surface area (Å²) in [6.07, 6.45) is 1.00. The quantitative estimate of drug-likeness (QED) is 0.815. The molecule has 1 unspecified atom stereocenters. The Morgan fingerprint density at radius 3 is 2.30 bits per heavy atom. The molecule has 1 aromatic carbocycles. The summed E-state index contributed by atoms with van der Waals surface area (Å²) >= 11 is 0. The molecule has 1 saturated heterocycles. The van der Waals surface area contributed by atoms with Crippen LogP contribution < -0.4 is 9.47 Å². The number of β-amino-alcohol motifs (C(OH)–C–C–N with tert-alkyl or cyclic N) is 1. The molecule has 1 N–H and O–H groups in total. The van der Waals surface area contributed by atoms with Gasteiger partial charge in [-0.25, -0.2) is 0 Å². The van der Waals surface area contributed by atoms with Crippen LogP contribution in [0.3, 0.4) is 0 Å². The highest BCUT2D eigenvalue weighted by Gasteiger charge is 2.21. The Hall–Kier alpha value is -1.01. The zero-order valence-corrected chi connectivity index (χ0v) is 15.1. The fourth-order valence-electron chi connectivity index (χ4n) is 3.05. The highest BCUT2D eigenvalue weighted by Crippen LogP contribution is 2.28. The maximum Gasteiger partial charge on any atom is 0.160 e. The third kappa shape index (κ3) is 5.53. The Morgan fingerprint density at radius 2 is 1.74 bits per heavy atom. The van der Waals surface area contributed by atoms with E-state index in [-0.39, 0.29) is 19.0 Å². The first-order valence-corrected chi connectivity index (χ1v) is 7.96. The third-order valence-electron chi connectivity index (χ3n) is 4.43. The zero-order chi connectivity index (χ0) is 15.9. The number of piperazine rings is 1. The van der Waals surface area contributed by atoms with Crippen LogP contribution in [0.15, 0.2) is 18.2 Å². The maximum atomic E-state index is 9.00. The number of rotatable bonds is 7. The van der Waals surface area contributed by atoms with Crippen molar-refractivity contribution in [2.75, 3.05) is 53.6 Å². The molecule has 5 nitrogen and oxygen atoms in total. The van der Waals surface area contributed by atoms with E-state index >= 15 is 0 Å². The predicted octanol–water partition coefficient (Wildman–Crippen LogP) is 1.67. The molecule has 0 aliphatic carbocycles. The predicted molar refractivity (Wildman–Crippen MR) is 95.1 cm³/mol. The highest BCUT2D eigenvalue weighted by molar-refractivity contribution is 5.85. The van der Waals surface area contributed by atoms with Crippen LogP contribution in [-0.4, -0.2) is 74.5 Å². The van der Waals surface area contributed by atoms with Crippen molar-refractivity contribution in [2.24, 2.45) is 0 Å². The van der Waals surface area contributed by atoms with Crippen molar-refractivity contribution in [1.29, 1.82) is 0 Å². The van der Waals surface area contributed by atoms with Crippen molar-refractivity contribution in [3.05, 3.63) is 23.8 Å². The molecule has 6 heteroatoms. The van der Waals surface area contributed by atoms with Gasteiger partial charge in [0, 0.05) is 38.8 Å². The summed E-state index contributed by atoms with van der Waals surface area (Å²) < 4.78 is 10.7. The maximum absolute atomic E-state index is 9.00. The first-order chi connectivity index (χ1) is 10.7. The molecular weight excluding hydrogens is 316 g/mol. The Kier molecular flexibility index (Phi) is 8.69. The lowest BCUT2D eigenvalue weighted by molar-refractivity contribution is 0.0888. The van der Waals surface area contributed by atoms with Crippen molar-refractivity contribution >= 4 is 12.4 Å². The summed E-state index contributed by atoms with van der Waals surface area (Å²) in [5, 5.41) is 9.00. The second kappa shape index (κ2) is 9.98. The van der Waals surface area contributed by atoms with Gasteiger partial charge in [0.1, 0.15) is 0 Å². The number of nitrogens with zero attached hydrogens (tertiary/aromatic N) is 2. The topological polar surface area (TPSA) is 45.2 Å². The van der Waals surface area contributed by atoms with Crippen molar-refractivity contribution in [3.8, 4) is 11.5 Å². The molecule has 132 valence electrons. The fraction of sp³-hybridized carbons (Fsp3) is 0.647. The minimum atomic E-state index is 0. The molecule has 1 fully saturated rings. The molecule has 1 heterocycles. The average Bonchev–Trinajstić information content (AvgIpc) is 2.55. The Bertz CT molecular complexity index is 465. The number of aliphatic hydroxyl groups excluding tert-OH is 1. The molecule has 1 aliphatic heterocycles. The summed E-state index contributed by atoms with van der Waals surface area (Å²) in [7, 11) is 3.33. The van der Waals surface area contributed by atoms with Crippen LogP contribution in [0.4, 0.5) is 0 Å². The van der Waals surface area contributed by atoms with Gasteiger partial charge in [-0.05, 0) is 31.0 Å². The molecule has 0 amide bonds. The van der Waals surface area contributed by atoms with Crippen LogP contribution in [0.25, 0.3) is 0 Å². The van der Waals surface area contributed by atoms with Gasteiger partial charge in [0.25, 0.3) is 0 Å². The summed E-state index contributed by atoms with van der Waals surface area (Å²) in [4.78, 5) is 4.84. The van der Waals surface area contributed by atoms with Crippen LogP contribution in [0.5, 0.6) is 11.5 Å². The number of aliphatic hydroxyl groups is 1. The van der Waals surface area contributed by atoms with E-state index in [4.69, 9.17) is 14.6 Å². The zero-order valence-electron chi connectivity index (χ0n) is 14.3. The number of methoxy groups -OCH3 is 2. The van der Waals surface area contributed by atoms with Gasteiger partial charge in [-0.1, -0.05) is 6.07 Å². The lowest BCUT2D eigenvalue weighted by atomic mass is 10.0. The van der Waals surface area contributed by atoms with E-state index in [2.05, 4.69) is 28.9 Å². The molecule has 1 aromatic rings. The standard InChI is InChI=1S/C17H28N2O3.ClH/c1-14(19-8-6-18(7-9-19)10-11-20)12-15-4-5-16(21-2)17(13-15)22-3;/h4-5,13-14,20H,6-12H2,1-3H3;1H. The third-order valence-corrected chi connectivity index (χ3v) is 4.43. The number of hydrogen-bond donors (Lipinski definition) is 1. The molecule has 0 radical (unpaired) electrons. The van der Waals surface area contributed by atoms with E-state index in [9.17, 15) is 0 Å². The van der Waals surface area contributed by atoms with Crippen LogP contribution in [0, 0.1) is 0 Å². The average molecular weight is 345 g/mol. The van der Waals surface area contributed by atoms with Gasteiger partial charge in [-0.2, -0.15) is 0 Å². The van der Waals surface area contributed by atoms with Crippen molar-refractivity contribution < 1.29 is 14.6 Å². The number of ether oxygens (including phenoxy) is 2. The van der Waals surface area contributed by atoms with Crippen LogP contribution >= 0.6 is 12.4 Å². The Morgan fingerprint density at radius 1 is 1.09 bits per heavy atom. The number of halogens is 1. The molecule has 0 spiro atoms. The lowest BCUT2D eigenvalue weighted by Gasteiger charge is -2.38. The summed E-state index contributed by atoms with van der Waals surface area (Å²) in [6.45, 7) is 7.52. The molecular formula is C17H29ClN2O3. The minimum absolute atomic E-state index is 0. The Labute approximate surface area is 145 Å². The van der Waals surface area contributed by atoms with Gasteiger partial charge in [-0.15, -0.1) is 12.4 Å². The van der Waals surface area contributed by atoms with Crippen LogP contribution in [-0.2, 0) is 6.42 Å². The molecule has 0 aromatic heterocycles. The molecule has 0 saturated carbocycles. The number of benzene rings is 1. The van der Waals surface area contributed by atoms with E-state index < -0.39 is 0 Å². The molecule has 1 aliphatic rings. The van der Waals surface area contributed by atoms with E-state index in [1.165, 1.54) is 5.56 Å². The van der Waals surface area contributed by atoms with Gasteiger partial charge in [-0.3, -0.25) is 9.80 Å². The minimum Gasteiger partial charge on any atom is -0.493 e. The number of hydrogen-bond acceptors (Lipinski definition) is 5. The molecule has 2 rings (SSSR count). The Balaban J connectivity index is 0.00000264. The van der Waals surface area contributed by atoms with Gasteiger partial charge in [0.2, 0.25) is 0 Å². The van der Waals surface area contributed by atoms with Gasteiger partial charge < -0.3 is 14.6 Å². The van der Waals surface area contributed by atoms with E-state index in [1.54, 1.807) is 14.2 Å². The van der Waals surface area contributed by atoms with Crippen molar-refractivity contribution in [1.82, 2.24) is 9.80 Å². The first kappa shape index (κ1) is 20.0. The first-order valence-electron chi connectivity index (χ1n) is 7.96. The van der Waals surface area contributed by atoms with Crippen LogP contribution in [0.2, 0.25) is 0 Å². The van der Waals surface area contributed by atoms with Gasteiger partial charge in [0.05, 0.1) is 20.8 Å². The fourth-order valence-corrected chi connectivity index (χ4v) is 3.05. The smallest absolute Gasteiger partial charge is 0.160 e. The van der Waals surface area contributed by atoms with E-state index in [0.29, 0.717) is 6.04 Å². The largest absolute Gasteiger partial charge is 0.493 e. The monoisotopic (exact) mass is 344 g/mol. The molecule has 1 atom stereocenters. The highest BCUT2D eigenvalue weighted by atomic mass is 35.5. The van der Waals surface area contributed by atoms with Gasteiger partial charge in [0.15, 0.2) is 11.5 Å². The summed E-state index contributed by atoms with van der Waals surface area (Å²) in [5.74, 6) is 1.57. The summed E-state index contributed by atoms with van der Waals surface area (Å²) in [5.41, 5.74) is 1.27. The molecule has 23 heavy (non-hydrogen) atoms. The second-order valence-electron chi connectivity index (χ2n) is 5.84. The second-order valence-corrected chi connectivity index (χ2v) is 5.84. The van der Waals surface area contributed by atoms with E-state index in [1.807, 2.05) is 6.07 Å². The van der Waals surface area contributed by atoms with Crippen LogP contribution in [0.1, 0.15) is 12.5 Å². The normalized spacial score (nSPS) is 17.4. The summed E-state index contributed by atoms with van der Waals surface area (Å²) in [6, 6.07) is 6.64.